The van der Waals surface area contributed by atoms with Crippen LogP contribution >= 0.6 is 11.3 Å². The van der Waals surface area contributed by atoms with Crippen LogP contribution in [-0.4, -0.2) is 35.8 Å². The van der Waals surface area contributed by atoms with E-state index in [-0.39, 0.29) is 11.7 Å². The first-order chi connectivity index (χ1) is 10.1. The molecule has 1 heterocycles. The molecule has 0 spiro atoms. The fourth-order valence-corrected chi connectivity index (χ4v) is 2.21. The maximum Gasteiger partial charge on any atom is 0.397 e. The zero-order valence-electron chi connectivity index (χ0n) is 11.5. The average molecular weight is 307 g/mol. The minimum atomic E-state index is -0.946. The lowest BCUT2D eigenvalue weighted by Crippen LogP contribution is -2.24. The largest absolute Gasteiger partial charge is 0.497 e. The first-order valence-electron chi connectivity index (χ1n) is 6.10. The van der Waals surface area contributed by atoms with Crippen LogP contribution in [0.25, 0.3) is 10.6 Å². The summed E-state index contributed by atoms with van der Waals surface area (Å²) in [5.74, 6) is -1.08. The van der Waals surface area contributed by atoms with Crippen LogP contribution in [0.3, 0.4) is 0 Å². The van der Waals surface area contributed by atoms with E-state index in [1.54, 1.807) is 26.2 Å². The Morgan fingerprint density at radius 1 is 1.24 bits per heavy atom. The second kappa shape index (κ2) is 6.80. The highest BCUT2D eigenvalue weighted by Gasteiger charge is 2.17. The third-order valence-electron chi connectivity index (χ3n) is 2.44. The van der Waals surface area contributed by atoms with Gasteiger partial charge in [-0.2, -0.15) is 0 Å². The number of amides is 1. The van der Waals surface area contributed by atoms with Crippen LogP contribution in [0, 0.1) is 0 Å². The zero-order valence-corrected chi connectivity index (χ0v) is 12.3. The zero-order chi connectivity index (χ0) is 15.2. The van der Waals surface area contributed by atoms with Gasteiger partial charge in [0.05, 0.1) is 13.7 Å². The number of nitrogens with zero attached hydrogens (tertiary/aromatic N) is 2. The van der Waals surface area contributed by atoms with Gasteiger partial charge in [-0.1, -0.05) is 11.3 Å². The maximum absolute atomic E-state index is 11.5. The summed E-state index contributed by atoms with van der Waals surface area (Å²) in [5.41, 5.74) is 0.838. The van der Waals surface area contributed by atoms with E-state index in [2.05, 4.69) is 20.3 Å². The molecule has 1 amide bonds. The normalized spacial score (nSPS) is 10.0. The Kier molecular flexibility index (Phi) is 4.83. The molecule has 1 aromatic heterocycles. The van der Waals surface area contributed by atoms with Crippen LogP contribution in [0.2, 0.25) is 0 Å². The summed E-state index contributed by atoms with van der Waals surface area (Å²) in [6.07, 6.45) is 0. The van der Waals surface area contributed by atoms with Crippen molar-refractivity contribution in [3.8, 4) is 16.3 Å². The van der Waals surface area contributed by atoms with E-state index in [0.29, 0.717) is 5.01 Å². The van der Waals surface area contributed by atoms with Gasteiger partial charge in [0.15, 0.2) is 0 Å². The fourth-order valence-electron chi connectivity index (χ4n) is 1.47. The highest BCUT2D eigenvalue weighted by molar-refractivity contribution is 7.18. The van der Waals surface area contributed by atoms with Crippen molar-refractivity contribution in [2.24, 2.45) is 0 Å². The molecule has 0 saturated heterocycles. The Bertz CT molecular complexity index is 639. The van der Waals surface area contributed by atoms with Crippen molar-refractivity contribution < 1.29 is 19.1 Å². The van der Waals surface area contributed by atoms with Crippen LogP contribution in [0.1, 0.15) is 6.92 Å². The molecule has 0 aliphatic carbocycles. The quantitative estimate of drug-likeness (QED) is 0.683. The van der Waals surface area contributed by atoms with E-state index in [9.17, 15) is 9.59 Å². The number of benzene rings is 1. The third-order valence-corrected chi connectivity index (χ3v) is 3.33. The van der Waals surface area contributed by atoms with Crippen LogP contribution in [-0.2, 0) is 14.3 Å². The van der Waals surface area contributed by atoms with Crippen LogP contribution < -0.4 is 10.1 Å². The number of carbonyl (C=O) groups excluding carboxylic acids is 2. The number of anilines is 1. The predicted octanol–water partition coefficient (Wildman–Crippen LogP) is 1.72. The van der Waals surface area contributed by atoms with Gasteiger partial charge in [-0.15, -0.1) is 10.2 Å². The highest BCUT2D eigenvalue weighted by atomic mass is 32.1. The molecule has 1 N–H and O–H groups in total. The second-order valence-corrected chi connectivity index (χ2v) is 4.79. The van der Waals surface area contributed by atoms with Gasteiger partial charge in [0, 0.05) is 5.56 Å². The van der Waals surface area contributed by atoms with Gasteiger partial charge in [-0.25, -0.2) is 4.79 Å². The molecule has 0 aliphatic rings. The van der Waals surface area contributed by atoms with E-state index < -0.39 is 11.9 Å². The molecule has 0 bridgehead atoms. The van der Waals surface area contributed by atoms with Crippen molar-refractivity contribution in [3.63, 3.8) is 0 Å². The van der Waals surface area contributed by atoms with Gasteiger partial charge in [0.25, 0.3) is 0 Å². The van der Waals surface area contributed by atoms with Crippen molar-refractivity contribution >= 4 is 28.3 Å². The lowest BCUT2D eigenvalue weighted by molar-refractivity contribution is -0.152. The molecule has 2 aromatic rings. The molecule has 0 fully saturated rings. The van der Waals surface area contributed by atoms with E-state index in [4.69, 9.17) is 4.74 Å². The van der Waals surface area contributed by atoms with Gasteiger partial charge in [0.2, 0.25) is 5.13 Å². The number of ether oxygens (including phenoxy) is 2. The molecule has 0 saturated carbocycles. The molecular weight excluding hydrogens is 294 g/mol. The smallest absolute Gasteiger partial charge is 0.397 e. The molecule has 0 unspecified atom stereocenters. The van der Waals surface area contributed by atoms with Gasteiger partial charge in [-0.05, 0) is 31.2 Å². The summed E-state index contributed by atoms with van der Waals surface area (Å²) in [4.78, 5) is 22.7. The van der Waals surface area contributed by atoms with E-state index >= 15 is 0 Å². The third kappa shape index (κ3) is 3.76. The maximum atomic E-state index is 11.5. The van der Waals surface area contributed by atoms with E-state index in [1.165, 1.54) is 0 Å². The summed E-state index contributed by atoms with van der Waals surface area (Å²) in [5, 5.41) is 11.0. The van der Waals surface area contributed by atoms with Crippen LogP contribution in [0.15, 0.2) is 24.3 Å². The van der Waals surface area contributed by atoms with Crippen molar-refractivity contribution in [2.75, 3.05) is 19.0 Å². The minimum absolute atomic E-state index is 0.138. The summed E-state index contributed by atoms with van der Waals surface area (Å²) in [6, 6.07) is 7.26. The first kappa shape index (κ1) is 14.9. The number of methoxy groups -OCH3 is 1. The molecule has 2 rings (SSSR count). The summed E-state index contributed by atoms with van der Waals surface area (Å²) >= 11 is 1.16. The van der Waals surface area contributed by atoms with Crippen LogP contribution in [0.5, 0.6) is 5.75 Å². The standard InChI is InChI=1S/C13H13N3O4S/c1-3-20-12(18)10(17)14-13-16-15-11(21-13)8-4-6-9(19-2)7-5-8/h4-7H,3H2,1-2H3,(H,14,16,17). The molecule has 0 radical (unpaired) electrons. The summed E-state index contributed by atoms with van der Waals surface area (Å²) in [7, 11) is 1.59. The van der Waals surface area contributed by atoms with Gasteiger partial charge >= 0.3 is 11.9 Å². The summed E-state index contributed by atoms with van der Waals surface area (Å²) < 4.78 is 9.66. The minimum Gasteiger partial charge on any atom is -0.497 e. The van der Waals surface area contributed by atoms with Crippen molar-refractivity contribution in [1.82, 2.24) is 10.2 Å². The molecule has 110 valence electrons. The van der Waals surface area contributed by atoms with E-state index in [0.717, 1.165) is 22.6 Å². The Morgan fingerprint density at radius 3 is 2.57 bits per heavy atom. The molecular formula is C13H13N3O4S. The SMILES string of the molecule is CCOC(=O)C(=O)Nc1nnc(-c2ccc(OC)cc2)s1. The molecule has 8 heteroatoms. The topological polar surface area (TPSA) is 90.4 Å². The van der Waals surface area contributed by atoms with E-state index in [1.807, 2.05) is 12.1 Å². The van der Waals surface area contributed by atoms with Gasteiger partial charge < -0.3 is 9.47 Å². The lowest BCUT2D eigenvalue weighted by Gasteiger charge is -2.00. The molecule has 1 aromatic carbocycles. The number of rotatable bonds is 4. The molecule has 21 heavy (non-hydrogen) atoms. The van der Waals surface area contributed by atoms with Crippen molar-refractivity contribution in [1.29, 1.82) is 0 Å². The van der Waals surface area contributed by atoms with Gasteiger partial charge in [0.1, 0.15) is 10.8 Å². The average Bonchev–Trinajstić information content (AvgIpc) is 2.96. The van der Waals surface area contributed by atoms with Crippen LogP contribution in [0.4, 0.5) is 5.13 Å². The number of esters is 1. The number of hydrogen-bond donors (Lipinski definition) is 1. The van der Waals surface area contributed by atoms with Crippen molar-refractivity contribution in [3.05, 3.63) is 24.3 Å². The lowest BCUT2D eigenvalue weighted by atomic mass is 10.2. The number of hydrogen-bond acceptors (Lipinski definition) is 7. The van der Waals surface area contributed by atoms with Crippen molar-refractivity contribution in [2.45, 2.75) is 6.92 Å². The monoisotopic (exact) mass is 307 g/mol. The van der Waals surface area contributed by atoms with Gasteiger partial charge in [-0.3, -0.25) is 10.1 Å². The Hall–Kier alpha value is -2.48. The number of aromatic nitrogens is 2. The highest BCUT2D eigenvalue weighted by Crippen LogP contribution is 2.27. The molecule has 0 aliphatic heterocycles. The molecule has 0 atom stereocenters. The Labute approximate surface area is 124 Å². The fraction of sp³-hybridized carbons (Fsp3) is 0.231. The first-order valence-corrected chi connectivity index (χ1v) is 6.91. The predicted molar refractivity (Wildman–Crippen MR) is 77.2 cm³/mol. The molecule has 7 nitrogen and oxygen atoms in total. The Morgan fingerprint density at radius 2 is 1.95 bits per heavy atom. The second-order valence-electron chi connectivity index (χ2n) is 3.82. The number of carbonyl (C=O) groups is 2. The summed E-state index contributed by atoms with van der Waals surface area (Å²) in [6.45, 7) is 1.76. The Balaban J connectivity index is 2.07. The number of nitrogens with one attached hydrogen (secondary N) is 1.